The first-order valence-electron chi connectivity index (χ1n) is 5.67. The van der Waals surface area contributed by atoms with Crippen molar-refractivity contribution < 1.29 is 4.79 Å². The second-order valence-corrected chi connectivity index (χ2v) is 4.15. The minimum absolute atomic E-state index is 0.0650. The summed E-state index contributed by atoms with van der Waals surface area (Å²) in [5.41, 5.74) is 7.67. The quantitative estimate of drug-likeness (QED) is 0.788. The number of carbonyl (C=O) groups is 1. The van der Waals surface area contributed by atoms with Gasteiger partial charge in [0.25, 0.3) is 0 Å². The summed E-state index contributed by atoms with van der Waals surface area (Å²) in [6.07, 6.45) is 1.26. The van der Waals surface area contributed by atoms with Gasteiger partial charge >= 0.3 is 0 Å². The lowest BCUT2D eigenvalue weighted by molar-refractivity contribution is -0.121. The highest BCUT2D eigenvalue weighted by molar-refractivity contribution is 5.79. The molecule has 88 valence electrons. The van der Waals surface area contributed by atoms with Crippen molar-refractivity contribution in [2.24, 2.45) is 5.73 Å². The zero-order valence-electron chi connectivity index (χ0n) is 9.99. The molecule has 1 atom stereocenters. The summed E-state index contributed by atoms with van der Waals surface area (Å²) in [6, 6.07) is 8.10. The van der Waals surface area contributed by atoms with Crippen molar-refractivity contribution in [2.75, 3.05) is 6.54 Å². The van der Waals surface area contributed by atoms with Crippen LogP contribution in [0.1, 0.15) is 24.5 Å². The van der Waals surface area contributed by atoms with Crippen molar-refractivity contribution in [3.05, 3.63) is 35.4 Å². The van der Waals surface area contributed by atoms with Gasteiger partial charge in [0.2, 0.25) is 5.91 Å². The van der Waals surface area contributed by atoms with Gasteiger partial charge in [0, 0.05) is 6.04 Å². The third kappa shape index (κ3) is 4.03. The van der Waals surface area contributed by atoms with Crippen LogP contribution in [0.2, 0.25) is 0 Å². The largest absolute Gasteiger partial charge is 0.353 e. The third-order valence-corrected chi connectivity index (χ3v) is 2.62. The zero-order valence-corrected chi connectivity index (χ0v) is 9.99. The number of nitrogens with two attached hydrogens (primary N) is 1. The van der Waals surface area contributed by atoms with Crippen LogP contribution in [-0.2, 0) is 11.2 Å². The Morgan fingerprint density at radius 3 is 2.75 bits per heavy atom. The molecule has 0 saturated carbocycles. The minimum Gasteiger partial charge on any atom is -0.353 e. The van der Waals surface area contributed by atoms with Crippen LogP contribution in [0.15, 0.2) is 24.3 Å². The van der Waals surface area contributed by atoms with E-state index in [2.05, 4.69) is 5.32 Å². The van der Waals surface area contributed by atoms with E-state index in [-0.39, 0.29) is 11.9 Å². The Morgan fingerprint density at radius 1 is 1.44 bits per heavy atom. The number of rotatable bonds is 5. The van der Waals surface area contributed by atoms with Crippen LogP contribution < -0.4 is 11.1 Å². The van der Waals surface area contributed by atoms with Gasteiger partial charge in [0.15, 0.2) is 0 Å². The SMILES string of the molecule is Cc1ccccc1CC(=O)NC(C)CCN. The van der Waals surface area contributed by atoms with E-state index in [0.29, 0.717) is 13.0 Å². The molecule has 0 aliphatic heterocycles. The topological polar surface area (TPSA) is 55.1 Å². The molecule has 1 rings (SSSR count). The Morgan fingerprint density at radius 2 is 2.12 bits per heavy atom. The maximum atomic E-state index is 11.7. The van der Waals surface area contributed by atoms with Gasteiger partial charge in [-0.2, -0.15) is 0 Å². The lowest BCUT2D eigenvalue weighted by Crippen LogP contribution is -2.35. The fourth-order valence-corrected chi connectivity index (χ4v) is 1.63. The second-order valence-electron chi connectivity index (χ2n) is 4.15. The predicted molar refractivity (Wildman–Crippen MR) is 66.2 cm³/mol. The molecular formula is C13H20N2O. The molecule has 0 heterocycles. The Hall–Kier alpha value is -1.35. The van der Waals surface area contributed by atoms with Crippen LogP contribution in [0.4, 0.5) is 0 Å². The summed E-state index contributed by atoms with van der Waals surface area (Å²) in [4.78, 5) is 11.7. The smallest absolute Gasteiger partial charge is 0.224 e. The fraction of sp³-hybridized carbons (Fsp3) is 0.462. The number of carbonyl (C=O) groups excluding carboxylic acids is 1. The molecule has 0 radical (unpaired) electrons. The lowest BCUT2D eigenvalue weighted by Gasteiger charge is -2.13. The van der Waals surface area contributed by atoms with E-state index in [1.54, 1.807) is 0 Å². The van der Waals surface area contributed by atoms with Crippen molar-refractivity contribution in [2.45, 2.75) is 32.7 Å². The molecule has 3 nitrogen and oxygen atoms in total. The number of hydrogen-bond acceptors (Lipinski definition) is 2. The predicted octanol–water partition coefficient (Wildman–Crippen LogP) is 1.39. The van der Waals surface area contributed by atoms with Gasteiger partial charge in [-0.3, -0.25) is 4.79 Å². The van der Waals surface area contributed by atoms with Crippen molar-refractivity contribution in [3.8, 4) is 0 Å². The Kier molecular flexibility index (Phi) is 4.99. The van der Waals surface area contributed by atoms with E-state index in [9.17, 15) is 4.79 Å². The first kappa shape index (κ1) is 12.7. The first-order valence-corrected chi connectivity index (χ1v) is 5.67. The molecule has 16 heavy (non-hydrogen) atoms. The summed E-state index contributed by atoms with van der Waals surface area (Å²) in [7, 11) is 0. The summed E-state index contributed by atoms with van der Waals surface area (Å²) in [5, 5.41) is 2.94. The number of amides is 1. The number of hydrogen-bond donors (Lipinski definition) is 2. The Bertz CT molecular complexity index is 350. The monoisotopic (exact) mass is 220 g/mol. The van der Waals surface area contributed by atoms with Crippen LogP contribution in [0.25, 0.3) is 0 Å². The van der Waals surface area contributed by atoms with Crippen LogP contribution in [0.3, 0.4) is 0 Å². The van der Waals surface area contributed by atoms with Gasteiger partial charge < -0.3 is 11.1 Å². The molecule has 1 aromatic rings. The van der Waals surface area contributed by atoms with Crippen LogP contribution >= 0.6 is 0 Å². The van der Waals surface area contributed by atoms with E-state index < -0.39 is 0 Å². The lowest BCUT2D eigenvalue weighted by atomic mass is 10.1. The van der Waals surface area contributed by atoms with Crippen LogP contribution in [0.5, 0.6) is 0 Å². The molecule has 3 N–H and O–H groups in total. The molecule has 1 amide bonds. The van der Waals surface area contributed by atoms with Gasteiger partial charge in [-0.1, -0.05) is 24.3 Å². The highest BCUT2D eigenvalue weighted by atomic mass is 16.1. The maximum absolute atomic E-state index is 11.7. The van der Waals surface area contributed by atoms with E-state index in [1.807, 2.05) is 38.1 Å². The average molecular weight is 220 g/mol. The fourth-order valence-electron chi connectivity index (χ4n) is 1.63. The Labute approximate surface area is 97.0 Å². The maximum Gasteiger partial charge on any atom is 0.224 e. The highest BCUT2D eigenvalue weighted by Gasteiger charge is 2.08. The molecule has 3 heteroatoms. The van der Waals surface area contributed by atoms with Crippen molar-refractivity contribution >= 4 is 5.91 Å². The van der Waals surface area contributed by atoms with E-state index in [0.717, 1.165) is 17.5 Å². The molecule has 1 unspecified atom stereocenters. The summed E-state index contributed by atoms with van der Waals surface area (Å²) in [5.74, 6) is 0.0650. The molecule has 0 spiro atoms. The van der Waals surface area contributed by atoms with E-state index in [4.69, 9.17) is 5.73 Å². The van der Waals surface area contributed by atoms with Gasteiger partial charge in [-0.15, -0.1) is 0 Å². The van der Waals surface area contributed by atoms with E-state index in [1.165, 1.54) is 0 Å². The van der Waals surface area contributed by atoms with Crippen molar-refractivity contribution in [3.63, 3.8) is 0 Å². The van der Waals surface area contributed by atoms with E-state index >= 15 is 0 Å². The van der Waals surface area contributed by atoms with Crippen molar-refractivity contribution in [1.29, 1.82) is 0 Å². The van der Waals surface area contributed by atoms with Gasteiger partial charge in [-0.25, -0.2) is 0 Å². The number of nitrogens with one attached hydrogen (secondary N) is 1. The third-order valence-electron chi connectivity index (χ3n) is 2.62. The molecule has 0 aromatic heterocycles. The average Bonchev–Trinajstić information content (AvgIpc) is 2.21. The molecule has 0 aliphatic carbocycles. The summed E-state index contributed by atoms with van der Waals surface area (Å²) >= 11 is 0. The number of aryl methyl sites for hydroxylation is 1. The molecule has 1 aromatic carbocycles. The molecule has 0 aliphatic rings. The first-order chi connectivity index (χ1) is 7.63. The number of benzene rings is 1. The highest BCUT2D eigenvalue weighted by Crippen LogP contribution is 2.07. The zero-order chi connectivity index (χ0) is 12.0. The Balaban J connectivity index is 2.49. The summed E-state index contributed by atoms with van der Waals surface area (Å²) < 4.78 is 0. The van der Waals surface area contributed by atoms with Crippen LogP contribution in [0, 0.1) is 6.92 Å². The minimum atomic E-state index is 0.0650. The molecule has 0 saturated heterocycles. The van der Waals surface area contributed by atoms with Crippen molar-refractivity contribution in [1.82, 2.24) is 5.32 Å². The summed E-state index contributed by atoms with van der Waals surface area (Å²) in [6.45, 7) is 4.60. The standard InChI is InChI=1S/C13H20N2O/c1-10-5-3-4-6-12(10)9-13(16)15-11(2)7-8-14/h3-6,11H,7-9,14H2,1-2H3,(H,15,16). The van der Waals surface area contributed by atoms with Gasteiger partial charge in [0.1, 0.15) is 0 Å². The molecular weight excluding hydrogens is 200 g/mol. The van der Waals surface area contributed by atoms with Crippen LogP contribution in [-0.4, -0.2) is 18.5 Å². The molecule has 0 fully saturated rings. The molecule has 0 bridgehead atoms. The normalized spacial score (nSPS) is 12.2. The van der Waals surface area contributed by atoms with Gasteiger partial charge in [0.05, 0.1) is 6.42 Å². The second kappa shape index (κ2) is 6.28. The van der Waals surface area contributed by atoms with Gasteiger partial charge in [-0.05, 0) is 37.9 Å².